The fraction of sp³-hybridized carbons (Fsp3) is 0.389. The summed E-state index contributed by atoms with van der Waals surface area (Å²) in [7, 11) is 1.63. The SMILES string of the molecule is CCN(CC)CCSc1nc2c(cnn2-c2ccc(OC)cc2)c(=O)[nH]1. The molecule has 0 atom stereocenters. The van der Waals surface area contributed by atoms with Gasteiger partial charge in [0.2, 0.25) is 0 Å². The van der Waals surface area contributed by atoms with Gasteiger partial charge in [0.1, 0.15) is 11.1 Å². The molecule has 26 heavy (non-hydrogen) atoms. The van der Waals surface area contributed by atoms with Crippen LogP contribution in [0.2, 0.25) is 0 Å². The van der Waals surface area contributed by atoms with Gasteiger partial charge in [-0.15, -0.1) is 0 Å². The van der Waals surface area contributed by atoms with Crippen molar-refractivity contribution < 1.29 is 4.74 Å². The van der Waals surface area contributed by atoms with Crippen molar-refractivity contribution >= 4 is 22.8 Å². The maximum Gasteiger partial charge on any atom is 0.262 e. The number of nitrogens with one attached hydrogen (secondary N) is 1. The van der Waals surface area contributed by atoms with E-state index in [1.807, 2.05) is 24.3 Å². The predicted molar refractivity (Wildman–Crippen MR) is 105 cm³/mol. The number of hydrogen-bond donors (Lipinski definition) is 1. The summed E-state index contributed by atoms with van der Waals surface area (Å²) in [6, 6.07) is 7.49. The van der Waals surface area contributed by atoms with E-state index < -0.39 is 0 Å². The highest BCUT2D eigenvalue weighted by molar-refractivity contribution is 7.99. The topological polar surface area (TPSA) is 76.0 Å². The molecule has 0 bridgehead atoms. The maximum absolute atomic E-state index is 12.4. The van der Waals surface area contributed by atoms with Crippen molar-refractivity contribution in [1.29, 1.82) is 0 Å². The molecule has 0 aliphatic rings. The number of aromatic amines is 1. The Bertz CT molecular complexity index is 915. The van der Waals surface area contributed by atoms with E-state index in [2.05, 4.69) is 33.8 Å². The zero-order chi connectivity index (χ0) is 18.5. The number of methoxy groups -OCH3 is 1. The monoisotopic (exact) mass is 373 g/mol. The van der Waals surface area contributed by atoms with Gasteiger partial charge in [-0.2, -0.15) is 5.10 Å². The summed E-state index contributed by atoms with van der Waals surface area (Å²) in [6.07, 6.45) is 1.55. The first-order valence-electron chi connectivity index (χ1n) is 8.63. The minimum atomic E-state index is -0.167. The molecule has 3 aromatic rings. The molecule has 2 aromatic heterocycles. The van der Waals surface area contributed by atoms with Crippen LogP contribution >= 0.6 is 11.8 Å². The van der Waals surface area contributed by atoms with E-state index in [0.29, 0.717) is 16.2 Å². The number of fused-ring (bicyclic) bond motifs is 1. The lowest BCUT2D eigenvalue weighted by Gasteiger charge is -2.16. The van der Waals surface area contributed by atoms with Crippen LogP contribution in [-0.4, -0.2) is 57.1 Å². The quantitative estimate of drug-likeness (QED) is 0.483. The summed E-state index contributed by atoms with van der Waals surface area (Å²) in [5, 5.41) is 5.43. The number of aromatic nitrogens is 4. The standard InChI is InChI=1S/C18H23N5O2S/c1-4-22(5-2)10-11-26-18-20-16-15(17(24)21-18)12-19-23(16)13-6-8-14(25-3)9-7-13/h6-9,12H,4-5,10-11H2,1-3H3,(H,20,21,24). The number of thioether (sulfide) groups is 1. The molecule has 0 saturated carbocycles. The Kier molecular flexibility index (Phi) is 5.95. The molecule has 7 nitrogen and oxygen atoms in total. The van der Waals surface area contributed by atoms with E-state index in [0.717, 1.165) is 36.8 Å². The molecular formula is C18H23N5O2S. The van der Waals surface area contributed by atoms with Crippen LogP contribution in [0.5, 0.6) is 5.75 Å². The fourth-order valence-electron chi connectivity index (χ4n) is 2.69. The second-order valence-corrected chi connectivity index (χ2v) is 6.82. The third-order valence-corrected chi connectivity index (χ3v) is 5.13. The lowest BCUT2D eigenvalue weighted by molar-refractivity contribution is 0.324. The molecule has 138 valence electrons. The van der Waals surface area contributed by atoms with Crippen molar-refractivity contribution in [3.05, 3.63) is 40.8 Å². The van der Waals surface area contributed by atoms with Crippen molar-refractivity contribution in [3.63, 3.8) is 0 Å². The van der Waals surface area contributed by atoms with Crippen LogP contribution in [0.25, 0.3) is 16.7 Å². The maximum atomic E-state index is 12.4. The Morgan fingerprint density at radius 2 is 1.96 bits per heavy atom. The van der Waals surface area contributed by atoms with Crippen LogP contribution < -0.4 is 10.3 Å². The Balaban J connectivity index is 1.87. The van der Waals surface area contributed by atoms with Gasteiger partial charge in [0.05, 0.1) is 19.0 Å². The van der Waals surface area contributed by atoms with Crippen molar-refractivity contribution in [2.24, 2.45) is 0 Å². The number of nitrogens with zero attached hydrogens (tertiary/aromatic N) is 4. The Labute approximate surface area is 156 Å². The molecule has 0 fully saturated rings. The zero-order valence-corrected chi connectivity index (χ0v) is 16.0. The zero-order valence-electron chi connectivity index (χ0n) is 15.2. The van der Waals surface area contributed by atoms with E-state index >= 15 is 0 Å². The van der Waals surface area contributed by atoms with E-state index in [9.17, 15) is 4.79 Å². The molecule has 0 spiro atoms. The van der Waals surface area contributed by atoms with Crippen LogP contribution in [0.15, 0.2) is 40.4 Å². The first kappa shape index (κ1) is 18.5. The van der Waals surface area contributed by atoms with Crippen LogP contribution in [0, 0.1) is 0 Å². The summed E-state index contributed by atoms with van der Waals surface area (Å²) in [6.45, 7) is 7.28. The average molecular weight is 373 g/mol. The van der Waals surface area contributed by atoms with Gasteiger partial charge < -0.3 is 14.6 Å². The number of H-pyrrole nitrogens is 1. The number of rotatable bonds is 8. The molecule has 0 unspecified atom stereocenters. The summed E-state index contributed by atoms with van der Waals surface area (Å²) in [4.78, 5) is 22.2. The second kappa shape index (κ2) is 8.37. The summed E-state index contributed by atoms with van der Waals surface area (Å²) in [5.41, 5.74) is 1.22. The van der Waals surface area contributed by atoms with Crippen LogP contribution in [0.4, 0.5) is 0 Å². The lowest BCUT2D eigenvalue weighted by Crippen LogP contribution is -2.25. The van der Waals surface area contributed by atoms with Gasteiger partial charge in [0.15, 0.2) is 10.8 Å². The molecular weight excluding hydrogens is 350 g/mol. The predicted octanol–water partition coefficient (Wildman–Crippen LogP) is 2.55. The number of hydrogen-bond acceptors (Lipinski definition) is 6. The molecule has 1 N–H and O–H groups in total. The first-order valence-corrected chi connectivity index (χ1v) is 9.62. The van der Waals surface area contributed by atoms with Gasteiger partial charge in [0.25, 0.3) is 5.56 Å². The van der Waals surface area contributed by atoms with Crippen molar-refractivity contribution in [2.75, 3.05) is 32.5 Å². The van der Waals surface area contributed by atoms with E-state index in [1.165, 1.54) is 0 Å². The molecule has 0 aliphatic carbocycles. The van der Waals surface area contributed by atoms with Gasteiger partial charge in [0, 0.05) is 12.3 Å². The van der Waals surface area contributed by atoms with Crippen LogP contribution in [0.1, 0.15) is 13.8 Å². The van der Waals surface area contributed by atoms with Crippen molar-refractivity contribution in [2.45, 2.75) is 19.0 Å². The van der Waals surface area contributed by atoms with Gasteiger partial charge in [-0.25, -0.2) is 9.67 Å². The molecule has 3 rings (SSSR count). The van der Waals surface area contributed by atoms with E-state index in [4.69, 9.17) is 4.74 Å². The lowest BCUT2D eigenvalue weighted by atomic mass is 10.3. The van der Waals surface area contributed by atoms with Crippen molar-refractivity contribution in [1.82, 2.24) is 24.6 Å². The minimum absolute atomic E-state index is 0.167. The molecule has 0 aliphatic heterocycles. The van der Waals surface area contributed by atoms with Gasteiger partial charge in [-0.05, 0) is 37.4 Å². The largest absolute Gasteiger partial charge is 0.497 e. The van der Waals surface area contributed by atoms with Crippen molar-refractivity contribution in [3.8, 4) is 11.4 Å². The minimum Gasteiger partial charge on any atom is -0.497 e. The fourth-order valence-corrected chi connectivity index (χ4v) is 3.55. The Morgan fingerprint density at radius 1 is 1.23 bits per heavy atom. The van der Waals surface area contributed by atoms with Crippen LogP contribution in [0.3, 0.4) is 0 Å². The Morgan fingerprint density at radius 3 is 2.62 bits per heavy atom. The Hall–Kier alpha value is -2.32. The van der Waals surface area contributed by atoms with E-state index in [-0.39, 0.29) is 5.56 Å². The highest BCUT2D eigenvalue weighted by atomic mass is 32.2. The number of ether oxygens (including phenoxy) is 1. The van der Waals surface area contributed by atoms with E-state index in [1.54, 1.807) is 29.8 Å². The average Bonchev–Trinajstić information content (AvgIpc) is 3.10. The third-order valence-electron chi connectivity index (χ3n) is 4.27. The van der Waals surface area contributed by atoms with Gasteiger partial charge in [-0.1, -0.05) is 25.6 Å². The summed E-state index contributed by atoms with van der Waals surface area (Å²) < 4.78 is 6.87. The molecule has 0 radical (unpaired) electrons. The normalized spacial score (nSPS) is 11.4. The molecule has 1 aromatic carbocycles. The molecule has 0 amide bonds. The molecule has 2 heterocycles. The molecule has 8 heteroatoms. The summed E-state index contributed by atoms with van der Waals surface area (Å²) >= 11 is 1.55. The van der Waals surface area contributed by atoms with Gasteiger partial charge >= 0.3 is 0 Å². The highest BCUT2D eigenvalue weighted by Crippen LogP contribution is 2.19. The highest BCUT2D eigenvalue weighted by Gasteiger charge is 2.12. The van der Waals surface area contributed by atoms with Gasteiger partial charge in [-0.3, -0.25) is 4.79 Å². The summed E-state index contributed by atoms with van der Waals surface area (Å²) in [5.74, 6) is 1.64. The number of benzene rings is 1. The van der Waals surface area contributed by atoms with Crippen LogP contribution in [-0.2, 0) is 0 Å². The molecule has 0 saturated heterocycles. The third kappa shape index (κ3) is 3.91. The first-order chi connectivity index (χ1) is 12.7. The smallest absolute Gasteiger partial charge is 0.262 e. The second-order valence-electron chi connectivity index (χ2n) is 5.74.